The summed E-state index contributed by atoms with van der Waals surface area (Å²) >= 11 is 5.94. The summed E-state index contributed by atoms with van der Waals surface area (Å²) in [5, 5.41) is 5.29. The van der Waals surface area contributed by atoms with Gasteiger partial charge in [-0.25, -0.2) is 23.5 Å². The van der Waals surface area contributed by atoms with E-state index >= 15 is 0 Å². The van der Waals surface area contributed by atoms with Crippen molar-refractivity contribution in [2.45, 2.75) is 25.9 Å². The second-order valence-corrected chi connectivity index (χ2v) is 8.85. The van der Waals surface area contributed by atoms with Crippen LogP contribution in [-0.4, -0.2) is 47.1 Å². The molecule has 1 unspecified atom stereocenters. The smallest absolute Gasteiger partial charge is 0.319 e. The number of nitrogen functional groups attached to an aromatic ring is 1. The molecule has 3 aromatic rings. The molecule has 1 fully saturated rings. The molecule has 1 aliphatic heterocycles. The van der Waals surface area contributed by atoms with Gasteiger partial charge in [-0.05, 0) is 57.1 Å². The lowest BCUT2D eigenvalue weighted by Crippen LogP contribution is -2.35. The Hall–Kier alpha value is -3.50. The summed E-state index contributed by atoms with van der Waals surface area (Å²) in [5.41, 5.74) is 7.51. The molecule has 0 aliphatic carbocycles. The fraction of sp³-hybridized carbons (Fsp3) is 0.320. The van der Waals surface area contributed by atoms with Crippen LogP contribution in [0.4, 0.5) is 25.1 Å². The number of hydrogen-bond donors (Lipinski definition) is 3. The van der Waals surface area contributed by atoms with Gasteiger partial charge in [-0.2, -0.15) is 0 Å². The van der Waals surface area contributed by atoms with E-state index in [4.69, 9.17) is 22.1 Å². The number of anilines is 2. The van der Waals surface area contributed by atoms with Crippen molar-refractivity contribution in [3.8, 4) is 17.1 Å². The van der Waals surface area contributed by atoms with E-state index in [0.717, 1.165) is 31.8 Å². The molecule has 1 aromatic heterocycles. The van der Waals surface area contributed by atoms with Crippen molar-refractivity contribution in [1.29, 1.82) is 0 Å². The second-order valence-electron chi connectivity index (χ2n) is 8.47. The number of amides is 2. The fourth-order valence-electron chi connectivity index (χ4n) is 3.98. The first-order chi connectivity index (χ1) is 17.3. The zero-order chi connectivity index (χ0) is 25.7. The number of urea groups is 1. The number of carbonyl (C=O) groups excluding carboxylic acids is 1. The first-order valence-electron chi connectivity index (χ1n) is 11.6. The van der Waals surface area contributed by atoms with Crippen LogP contribution in [0.25, 0.3) is 11.3 Å². The number of nitrogens with one attached hydrogen (secondary N) is 2. The van der Waals surface area contributed by atoms with Gasteiger partial charge in [0.1, 0.15) is 17.7 Å². The van der Waals surface area contributed by atoms with E-state index in [0.29, 0.717) is 23.5 Å². The number of hydrogen-bond acceptors (Lipinski definition) is 6. The lowest BCUT2D eigenvalue weighted by Gasteiger charge is -2.18. The molecule has 4 N–H and O–H groups in total. The number of aromatic nitrogens is 2. The minimum atomic E-state index is -0.976. The molecule has 2 heterocycles. The highest BCUT2D eigenvalue weighted by atomic mass is 35.5. The van der Waals surface area contributed by atoms with Crippen molar-refractivity contribution in [2.24, 2.45) is 0 Å². The van der Waals surface area contributed by atoms with Gasteiger partial charge in [-0.1, -0.05) is 23.7 Å². The molecule has 0 spiro atoms. The third-order valence-corrected chi connectivity index (χ3v) is 6.28. The summed E-state index contributed by atoms with van der Waals surface area (Å²) in [6.07, 6.45) is 2.92. The SMILES string of the molecule is CC(Oc1nc(-c2ccc(NC(=O)NCCN3CCCC3)cc2)cnc1N)c1c(F)ccc(F)c1Cl. The molecule has 1 saturated heterocycles. The number of nitrogens with two attached hydrogens (primary N) is 1. The normalized spacial score (nSPS) is 14.4. The summed E-state index contributed by atoms with van der Waals surface area (Å²) in [5.74, 6) is -1.52. The summed E-state index contributed by atoms with van der Waals surface area (Å²) in [7, 11) is 0. The Labute approximate surface area is 212 Å². The van der Waals surface area contributed by atoms with E-state index in [1.807, 2.05) is 0 Å². The highest BCUT2D eigenvalue weighted by Crippen LogP contribution is 2.33. The lowest BCUT2D eigenvalue weighted by atomic mass is 10.1. The van der Waals surface area contributed by atoms with Crippen molar-refractivity contribution in [3.63, 3.8) is 0 Å². The van der Waals surface area contributed by atoms with E-state index in [1.54, 1.807) is 24.3 Å². The van der Waals surface area contributed by atoms with Crippen molar-refractivity contribution < 1.29 is 18.3 Å². The number of carbonyl (C=O) groups is 1. The van der Waals surface area contributed by atoms with Gasteiger partial charge in [0.15, 0.2) is 5.82 Å². The number of benzene rings is 2. The van der Waals surface area contributed by atoms with Gasteiger partial charge in [-0.3, -0.25) is 0 Å². The van der Waals surface area contributed by atoms with Gasteiger partial charge in [-0.15, -0.1) is 0 Å². The maximum absolute atomic E-state index is 14.3. The lowest BCUT2D eigenvalue weighted by molar-refractivity contribution is 0.213. The van der Waals surface area contributed by atoms with Crippen LogP contribution in [0.2, 0.25) is 5.02 Å². The van der Waals surface area contributed by atoms with Gasteiger partial charge in [0.2, 0.25) is 0 Å². The van der Waals surface area contributed by atoms with Gasteiger partial charge in [0.05, 0.1) is 16.9 Å². The second kappa shape index (κ2) is 11.5. The average molecular weight is 517 g/mol. The zero-order valence-corrected chi connectivity index (χ0v) is 20.5. The number of ether oxygens (including phenoxy) is 1. The first-order valence-corrected chi connectivity index (χ1v) is 12.0. The van der Waals surface area contributed by atoms with E-state index < -0.39 is 17.7 Å². The largest absolute Gasteiger partial charge is 0.467 e. The molecule has 1 atom stereocenters. The molecule has 0 saturated carbocycles. The standard InChI is InChI=1S/C25H27ClF2N6O2/c1-15(21-18(27)8-9-19(28)22(21)26)36-24-23(29)31-14-20(33-24)16-4-6-17(7-5-16)32-25(35)30-10-13-34-11-2-3-12-34/h4-9,14-15H,2-3,10-13H2,1H3,(H2,29,31)(H2,30,32,35). The Balaban J connectivity index is 1.39. The molecule has 0 radical (unpaired) electrons. The fourth-order valence-corrected chi connectivity index (χ4v) is 4.29. The minimum absolute atomic E-state index is 0.0116. The van der Waals surface area contributed by atoms with Gasteiger partial charge in [0.25, 0.3) is 5.88 Å². The number of nitrogens with zero attached hydrogens (tertiary/aromatic N) is 3. The van der Waals surface area contributed by atoms with Crippen LogP contribution < -0.4 is 21.1 Å². The topological polar surface area (TPSA) is 105 Å². The monoisotopic (exact) mass is 516 g/mol. The Kier molecular flexibility index (Phi) is 8.17. The average Bonchev–Trinajstić information content (AvgIpc) is 3.37. The van der Waals surface area contributed by atoms with Crippen molar-refractivity contribution in [2.75, 3.05) is 37.2 Å². The van der Waals surface area contributed by atoms with E-state index in [9.17, 15) is 13.6 Å². The summed E-state index contributed by atoms with van der Waals surface area (Å²) in [4.78, 5) is 23.0. The zero-order valence-electron chi connectivity index (χ0n) is 19.7. The van der Waals surface area contributed by atoms with E-state index in [1.165, 1.54) is 26.0 Å². The Bertz CT molecular complexity index is 1220. The van der Waals surface area contributed by atoms with Crippen LogP contribution >= 0.6 is 11.6 Å². The van der Waals surface area contributed by atoms with Gasteiger partial charge in [0, 0.05) is 29.9 Å². The molecule has 2 aromatic carbocycles. The predicted octanol–water partition coefficient (Wildman–Crippen LogP) is 5.01. The number of rotatable bonds is 8. The molecule has 1 aliphatic rings. The molecule has 0 bridgehead atoms. The van der Waals surface area contributed by atoms with Crippen LogP contribution in [-0.2, 0) is 0 Å². The molecular weight excluding hydrogens is 490 g/mol. The van der Waals surface area contributed by atoms with Crippen LogP contribution in [0.5, 0.6) is 5.88 Å². The van der Waals surface area contributed by atoms with Gasteiger partial charge < -0.3 is 26.0 Å². The molecule has 190 valence electrons. The van der Waals surface area contributed by atoms with Crippen LogP contribution in [0, 0.1) is 11.6 Å². The Morgan fingerprint density at radius 2 is 1.86 bits per heavy atom. The van der Waals surface area contributed by atoms with Crippen molar-refractivity contribution in [1.82, 2.24) is 20.2 Å². The van der Waals surface area contributed by atoms with E-state index in [2.05, 4.69) is 25.5 Å². The number of likely N-dealkylation sites (tertiary alicyclic amines) is 1. The molecule has 11 heteroatoms. The van der Waals surface area contributed by atoms with Gasteiger partial charge >= 0.3 is 6.03 Å². The summed E-state index contributed by atoms with van der Waals surface area (Å²) < 4.78 is 33.8. The van der Waals surface area contributed by atoms with Crippen LogP contribution in [0.3, 0.4) is 0 Å². The van der Waals surface area contributed by atoms with Crippen molar-refractivity contribution >= 4 is 29.1 Å². The Morgan fingerprint density at radius 1 is 1.17 bits per heavy atom. The third kappa shape index (κ3) is 6.19. The minimum Gasteiger partial charge on any atom is -0.467 e. The molecule has 8 nitrogen and oxygen atoms in total. The summed E-state index contributed by atoms with van der Waals surface area (Å²) in [6.45, 7) is 5.09. The maximum Gasteiger partial charge on any atom is 0.319 e. The highest BCUT2D eigenvalue weighted by molar-refractivity contribution is 6.31. The van der Waals surface area contributed by atoms with Crippen LogP contribution in [0.15, 0.2) is 42.6 Å². The Morgan fingerprint density at radius 3 is 2.58 bits per heavy atom. The first kappa shape index (κ1) is 25.6. The van der Waals surface area contributed by atoms with Crippen LogP contribution in [0.1, 0.15) is 31.4 Å². The molecule has 2 amide bonds. The third-order valence-electron chi connectivity index (χ3n) is 5.89. The molecule has 4 rings (SSSR count). The quantitative estimate of drug-likeness (QED) is 0.363. The van der Waals surface area contributed by atoms with E-state index in [-0.39, 0.29) is 28.3 Å². The van der Waals surface area contributed by atoms with Crippen molar-refractivity contribution in [3.05, 3.63) is 64.8 Å². The predicted molar refractivity (Wildman–Crippen MR) is 135 cm³/mol. The number of halogens is 3. The summed E-state index contributed by atoms with van der Waals surface area (Å²) in [6, 6.07) is 8.64. The highest BCUT2D eigenvalue weighted by Gasteiger charge is 2.21. The molecular formula is C25H27ClF2N6O2. The maximum atomic E-state index is 14.3. The molecule has 36 heavy (non-hydrogen) atoms.